The van der Waals surface area contributed by atoms with E-state index in [1.165, 1.54) is 6.07 Å². The van der Waals surface area contributed by atoms with Crippen LogP contribution in [0.2, 0.25) is 0 Å². The van der Waals surface area contributed by atoms with Crippen LogP contribution >= 0.6 is 15.9 Å². The summed E-state index contributed by atoms with van der Waals surface area (Å²) in [5.41, 5.74) is 0.382. The molecule has 0 saturated heterocycles. The molecule has 4 heteroatoms. The number of rotatable bonds is 6. The minimum Gasteiger partial charge on any atom is -0.310 e. The van der Waals surface area contributed by atoms with Gasteiger partial charge in [0.25, 0.3) is 0 Å². The zero-order valence-corrected chi connectivity index (χ0v) is 10.9. The van der Waals surface area contributed by atoms with Crippen LogP contribution in [0.4, 0.5) is 8.78 Å². The van der Waals surface area contributed by atoms with E-state index in [0.717, 1.165) is 30.3 Å². The van der Waals surface area contributed by atoms with E-state index in [-0.39, 0.29) is 5.82 Å². The molecule has 90 valence electrons. The molecule has 0 spiro atoms. The van der Waals surface area contributed by atoms with Crippen molar-refractivity contribution in [1.29, 1.82) is 0 Å². The normalized spacial score (nSPS) is 12.8. The van der Waals surface area contributed by atoms with Crippen LogP contribution in [-0.2, 0) is 6.54 Å². The average molecular weight is 292 g/mol. The topological polar surface area (TPSA) is 12.0 Å². The van der Waals surface area contributed by atoms with Gasteiger partial charge in [0.05, 0.1) is 0 Å². The highest BCUT2D eigenvalue weighted by Crippen LogP contribution is 2.10. The fraction of sp³-hybridized carbons (Fsp3) is 0.500. The van der Waals surface area contributed by atoms with Crippen molar-refractivity contribution in [3.8, 4) is 0 Å². The summed E-state index contributed by atoms with van der Waals surface area (Å²) in [5, 5.41) is 4.12. The molecule has 0 aliphatic rings. The van der Waals surface area contributed by atoms with Crippen LogP contribution in [0.15, 0.2) is 18.2 Å². The molecule has 1 nitrogen and oxygen atoms in total. The van der Waals surface area contributed by atoms with Crippen LogP contribution in [0.25, 0.3) is 0 Å². The van der Waals surface area contributed by atoms with Gasteiger partial charge in [-0.25, -0.2) is 8.78 Å². The maximum Gasteiger partial charge on any atom is 0.127 e. The van der Waals surface area contributed by atoms with Crippen molar-refractivity contribution >= 4 is 15.9 Å². The largest absolute Gasteiger partial charge is 0.310 e. The minimum absolute atomic E-state index is 0.335. The second-order valence-corrected chi connectivity index (χ2v) is 4.49. The predicted molar refractivity (Wildman–Crippen MR) is 65.7 cm³/mol. The second-order valence-electron chi connectivity index (χ2n) is 3.70. The molecule has 0 aliphatic carbocycles. The SMILES string of the molecule is CCC(CCBr)NCc1cc(F)ccc1F. The molecule has 1 N–H and O–H groups in total. The van der Waals surface area contributed by atoms with Gasteiger partial charge in [0, 0.05) is 23.5 Å². The Morgan fingerprint density at radius 2 is 2.12 bits per heavy atom. The lowest BCUT2D eigenvalue weighted by atomic mass is 10.1. The first-order valence-corrected chi connectivity index (χ1v) is 6.52. The van der Waals surface area contributed by atoms with E-state index in [2.05, 4.69) is 28.2 Å². The highest BCUT2D eigenvalue weighted by atomic mass is 79.9. The van der Waals surface area contributed by atoms with Gasteiger partial charge in [-0.3, -0.25) is 0 Å². The molecule has 1 rings (SSSR count). The molecule has 1 aromatic rings. The molecule has 1 unspecified atom stereocenters. The molecule has 1 atom stereocenters. The third kappa shape index (κ3) is 4.18. The van der Waals surface area contributed by atoms with Crippen LogP contribution in [0.1, 0.15) is 25.3 Å². The van der Waals surface area contributed by atoms with Gasteiger partial charge in [-0.05, 0) is 31.0 Å². The van der Waals surface area contributed by atoms with Crippen LogP contribution in [0, 0.1) is 11.6 Å². The first-order chi connectivity index (χ1) is 7.67. The van der Waals surface area contributed by atoms with Gasteiger partial charge >= 0.3 is 0 Å². The molecule has 0 aromatic heterocycles. The third-order valence-corrected chi connectivity index (χ3v) is 3.00. The van der Waals surface area contributed by atoms with E-state index in [1.807, 2.05) is 0 Å². The Morgan fingerprint density at radius 3 is 2.75 bits per heavy atom. The predicted octanol–water partition coefficient (Wildman–Crippen LogP) is 3.62. The molecule has 0 aliphatic heterocycles. The number of hydrogen-bond acceptors (Lipinski definition) is 1. The number of alkyl halides is 1. The zero-order valence-electron chi connectivity index (χ0n) is 9.27. The Kier molecular flexibility index (Phi) is 5.91. The summed E-state index contributed by atoms with van der Waals surface area (Å²) >= 11 is 3.37. The van der Waals surface area contributed by atoms with E-state index >= 15 is 0 Å². The fourth-order valence-electron chi connectivity index (χ4n) is 1.52. The average Bonchev–Trinajstić information content (AvgIpc) is 2.28. The smallest absolute Gasteiger partial charge is 0.127 e. The first kappa shape index (κ1) is 13.6. The summed E-state index contributed by atoms with van der Waals surface area (Å²) < 4.78 is 26.2. The van der Waals surface area contributed by atoms with Gasteiger partial charge in [-0.2, -0.15) is 0 Å². The van der Waals surface area contributed by atoms with Crippen LogP contribution in [0.5, 0.6) is 0 Å². The molecule has 1 aromatic carbocycles. The van der Waals surface area contributed by atoms with Crippen molar-refractivity contribution in [3.05, 3.63) is 35.4 Å². The van der Waals surface area contributed by atoms with E-state index in [4.69, 9.17) is 0 Å². The van der Waals surface area contributed by atoms with Gasteiger partial charge in [-0.1, -0.05) is 22.9 Å². The Morgan fingerprint density at radius 1 is 1.38 bits per heavy atom. The number of halogens is 3. The molecule has 0 fully saturated rings. The molecular weight excluding hydrogens is 276 g/mol. The Hall–Kier alpha value is -0.480. The first-order valence-electron chi connectivity index (χ1n) is 5.40. The summed E-state index contributed by atoms with van der Waals surface area (Å²) in [6.45, 7) is 2.44. The maximum absolute atomic E-state index is 13.3. The summed E-state index contributed by atoms with van der Waals surface area (Å²) in [6, 6.07) is 3.87. The summed E-state index contributed by atoms with van der Waals surface area (Å²) in [4.78, 5) is 0. The second kappa shape index (κ2) is 6.97. The fourth-order valence-corrected chi connectivity index (χ4v) is 2.07. The van der Waals surface area contributed by atoms with E-state index in [0.29, 0.717) is 18.2 Å². The van der Waals surface area contributed by atoms with Crippen molar-refractivity contribution in [2.24, 2.45) is 0 Å². The number of benzene rings is 1. The van der Waals surface area contributed by atoms with E-state index in [1.54, 1.807) is 0 Å². The van der Waals surface area contributed by atoms with Gasteiger partial charge in [0.2, 0.25) is 0 Å². The lowest BCUT2D eigenvalue weighted by Crippen LogP contribution is -2.28. The monoisotopic (exact) mass is 291 g/mol. The number of nitrogens with one attached hydrogen (secondary N) is 1. The Balaban J connectivity index is 2.55. The van der Waals surface area contributed by atoms with E-state index in [9.17, 15) is 8.78 Å². The number of hydrogen-bond donors (Lipinski definition) is 1. The van der Waals surface area contributed by atoms with Gasteiger partial charge in [0.15, 0.2) is 0 Å². The van der Waals surface area contributed by atoms with Gasteiger partial charge in [-0.15, -0.1) is 0 Å². The molecular formula is C12H16BrF2N. The Labute approximate surface area is 103 Å². The molecule has 0 amide bonds. The van der Waals surface area contributed by atoms with Crippen molar-refractivity contribution in [1.82, 2.24) is 5.32 Å². The van der Waals surface area contributed by atoms with Gasteiger partial charge in [0.1, 0.15) is 11.6 Å². The van der Waals surface area contributed by atoms with Crippen molar-refractivity contribution in [2.45, 2.75) is 32.4 Å². The lowest BCUT2D eigenvalue weighted by molar-refractivity contribution is 0.476. The standard InChI is InChI=1S/C12H16BrF2N/c1-2-11(5-6-13)16-8-9-7-10(14)3-4-12(9)15/h3-4,7,11,16H,2,5-6,8H2,1H3. The van der Waals surface area contributed by atoms with Crippen molar-refractivity contribution in [2.75, 3.05) is 5.33 Å². The van der Waals surface area contributed by atoms with E-state index < -0.39 is 5.82 Å². The summed E-state index contributed by atoms with van der Waals surface area (Å²) in [7, 11) is 0. The minimum atomic E-state index is -0.397. The lowest BCUT2D eigenvalue weighted by Gasteiger charge is -2.15. The van der Waals surface area contributed by atoms with Gasteiger partial charge < -0.3 is 5.32 Å². The molecule has 0 saturated carbocycles. The summed E-state index contributed by atoms with van der Waals surface area (Å²) in [5.74, 6) is -0.755. The highest BCUT2D eigenvalue weighted by Gasteiger charge is 2.07. The van der Waals surface area contributed by atoms with Crippen LogP contribution in [0.3, 0.4) is 0 Å². The summed E-state index contributed by atoms with van der Waals surface area (Å²) in [6.07, 6.45) is 1.95. The molecule has 0 radical (unpaired) electrons. The quantitative estimate of drug-likeness (QED) is 0.790. The zero-order chi connectivity index (χ0) is 12.0. The molecule has 0 heterocycles. The Bertz CT molecular complexity index is 331. The van der Waals surface area contributed by atoms with Crippen molar-refractivity contribution in [3.63, 3.8) is 0 Å². The molecule has 0 bridgehead atoms. The maximum atomic E-state index is 13.3. The highest BCUT2D eigenvalue weighted by molar-refractivity contribution is 9.09. The van der Waals surface area contributed by atoms with Crippen LogP contribution in [-0.4, -0.2) is 11.4 Å². The van der Waals surface area contributed by atoms with Crippen molar-refractivity contribution < 1.29 is 8.78 Å². The van der Waals surface area contributed by atoms with Crippen LogP contribution < -0.4 is 5.32 Å². The molecule has 16 heavy (non-hydrogen) atoms. The third-order valence-electron chi connectivity index (χ3n) is 2.54.